The molecule has 0 aromatic heterocycles. The van der Waals surface area contributed by atoms with Crippen LogP contribution in [0.4, 0.5) is 0 Å². The Morgan fingerprint density at radius 3 is 2.80 bits per heavy atom. The zero-order valence-electron chi connectivity index (χ0n) is 6.02. The third-order valence-electron chi connectivity index (χ3n) is 1.00. The summed E-state index contributed by atoms with van der Waals surface area (Å²) in [7, 11) is 1.57. The number of carbonyl (C=O) groups is 2. The van der Waals surface area contributed by atoms with Crippen LogP contribution in [0, 0.1) is 0 Å². The number of likely N-dealkylation sites (N-methyl/N-ethyl adjacent to an activating group) is 1. The number of aldehydes is 1. The van der Waals surface area contributed by atoms with Crippen molar-refractivity contribution < 1.29 is 9.59 Å². The number of hydrogen-bond acceptors (Lipinski definition) is 3. The van der Waals surface area contributed by atoms with Gasteiger partial charge in [-0.2, -0.15) is 0 Å². The van der Waals surface area contributed by atoms with Crippen molar-refractivity contribution in [3.05, 3.63) is 0 Å². The lowest BCUT2D eigenvalue weighted by Crippen LogP contribution is -2.31. The van der Waals surface area contributed by atoms with Crippen molar-refractivity contribution in [1.29, 1.82) is 0 Å². The molecule has 0 saturated heterocycles. The minimum atomic E-state index is -0.0640. The fraction of sp³-hybridized carbons (Fsp3) is 0.667. The molecular weight excluding hydrogens is 132 g/mol. The minimum absolute atomic E-state index is 0.0640. The van der Waals surface area contributed by atoms with Crippen molar-refractivity contribution in [3.8, 4) is 0 Å². The van der Waals surface area contributed by atoms with Gasteiger partial charge in [-0.15, -0.1) is 0 Å². The predicted octanol–water partition coefficient (Wildman–Crippen LogP) is -1.09. The third-order valence-corrected chi connectivity index (χ3v) is 1.00. The van der Waals surface area contributed by atoms with E-state index >= 15 is 0 Å². The van der Waals surface area contributed by atoms with Gasteiger partial charge in [0.05, 0.1) is 6.54 Å². The quantitative estimate of drug-likeness (QED) is 0.381. The highest BCUT2D eigenvalue weighted by atomic mass is 16.1. The van der Waals surface area contributed by atoms with Crippen LogP contribution < -0.4 is 10.6 Å². The first-order valence-corrected chi connectivity index (χ1v) is 3.16. The Morgan fingerprint density at radius 2 is 2.30 bits per heavy atom. The monoisotopic (exact) mass is 144 g/mol. The third kappa shape index (κ3) is 5.24. The first-order chi connectivity index (χ1) is 4.81. The van der Waals surface area contributed by atoms with Gasteiger partial charge in [0.15, 0.2) is 0 Å². The molecule has 0 saturated carbocycles. The molecule has 0 heterocycles. The summed E-state index contributed by atoms with van der Waals surface area (Å²) in [5, 5.41) is 5.25. The summed E-state index contributed by atoms with van der Waals surface area (Å²) in [5.74, 6) is -0.0640. The van der Waals surface area contributed by atoms with Crippen LogP contribution in [0.25, 0.3) is 0 Å². The molecular formula is C6H12N2O2. The lowest BCUT2D eigenvalue weighted by atomic mass is 10.4. The van der Waals surface area contributed by atoms with E-state index in [1.807, 2.05) is 0 Å². The van der Waals surface area contributed by atoms with Gasteiger partial charge < -0.3 is 15.4 Å². The highest BCUT2D eigenvalue weighted by Crippen LogP contribution is 1.66. The van der Waals surface area contributed by atoms with Gasteiger partial charge in [0.2, 0.25) is 5.91 Å². The maximum atomic E-state index is 10.5. The van der Waals surface area contributed by atoms with Gasteiger partial charge in [0, 0.05) is 20.0 Å². The number of rotatable bonds is 5. The smallest absolute Gasteiger partial charge is 0.233 e. The van der Waals surface area contributed by atoms with Crippen LogP contribution in [0.15, 0.2) is 0 Å². The average molecular weight is 144 g/mol. The molecule has 0 radical (unpaired) electrons. The molecule has 0 aliphatic carbocycles. The SMILES string of the molecule is CNC(=O)CNCCC=O. The normalized spacial score (nSPS) is 8.90. The van der Waals surface area contributed by atoms with Gasteiger partial charge in [-0.25, -0.2) is 0 Å². The van der Waals surface area contributed by atoms with E-state index < -0.39 is 0 Å². The molecule has 0 unspecified atom stereocenters. The highest BCUT2D eigenvalue weighted by molar-refractivity contribution is 5.77. The second kappa shape index (κ2) is 6.22. The Hall–Kier alpha value is -0.900. The lowest BCUT2D eigenvalue weighted by molar-refractivity contribution is -0.119. The molecule has 0 bridgehead atoms. The molecule has 58 valence electrons. The zero-order chi connectivity index (χ0) is 7.82. The van der Waals surface area contributed by atoms with Crippen molar-refractivity contribution in [2.75, 3.05) is 20.1 Å². The Bertz CT molecular complexity index is 114. The second-order valence-electron chi connectivity index (χ2n) is 1.81. The van der Waals surface area contributed by atoms with Gasteiger partial charge in [-0.05, 0) is 0 Å². The molecule has 0 aromatic rings. The van der Waals surface area contributed by atoms with E-state index in [-0.39, 0.29) is 12.5 Å². The van der Waals surface area contributed by atoms with E-state index in [1.54, 1.807) is 7.05 Å². The summed E-state index contributed by atoms with van der Waals surface area (Å²) in [4.78, 5) is 20.3. The van der Waals surface area contributed by atoms with E-state index in [1.165, 1.54) is 0 Å². The maximum absolute atomic E-state index is 10.5. The van der Waals surface area contributed by atoms with E-state index in [4.69, 9.17) is 0 Å². The Kier molecular flexibility index (Phi) is 5.66. The molecule has 4 nitrogen and oxygen atoms in total. The summed E-state index contributed by atoms with van der Waals surface area (Å²) < 4.78 is 0. The standard InChI is InChI=1S/C6H12N2O2/c1-7-6(10)5-8-3-2-4-9/h4,8H,2-3,5H2,1H3,(H,7,10). The van der Waals surface area contributed by atoms with Crippen molar-refractivity contribution in [2.45, 2.75) is 6.42 Å². The molecule has 0 aliphatic heterocycles. The summed E-state index contributed by atoms with van der Waals surface area (Å²) in [6, 6.07) is 0. The van der Waals surface area contributed by atoms with E-state index in [2.05, 4.69) is 10.6 Å². The van der Waals surface area contributed by atoms with Crippen LogP contribution in [0.3, 0.4) is 0 Å². The number of hydrogen-bond donors (Lipinski definition) is 2. The molecule has 0 rings (SSSR count). The summed E-state index contributed by atoms with van der Waals surface area (Å²) in [5.41, 5.74) is 0. The molecule has 1 amide bonds. The van der Waals surface area contributed by atoms with Crippen LogP contribution in [0.1, 0.15) is 6.42 Å². The second-order valence-corrected chi connectivity index (χ2v) is 1.81. The fourth-order valence-electron chi connectivity index (χ4n) is 0.451. The molecule has 0 spiro atoms. The molecule has 0 fully saturated rings. The van der Waals surface area contributed by atoms with Crippen LogP contribution in [0.2, 0.25) is 0 Å². The molecule has 0 atom stereocenters. The summed E-state index contributed by atoms with van der Waals surface area (Å²) >= 11 is 0. The van der Waals surface area contributed by atoms with Gasteiger partial charge in [-0.3, -0.25) is 4.79 Å². The first-order valence-electron chi connectivity index (χ1n) is 3.16. The Morgan fingerprint density at radius 1 is 1.60 bits per heavy atom. The Balaban J connectivity index is 3.03. The zero-order valence-corrected chi connectivity index (χ0v) is 6.02. The van der Waals surface area contributed by atoms with Gasteiger partial charge in [0.1, 0.15) is 6.29 Å². The molecule has 2 N–H and O–H groups in total. The largest absolute Gasteiger partial charge is 0.358 e. The molecule has 0 aromatic carbocycles. The van der Waals surface area contributed by atoms with Crippen molar-refractivity contribution in [3.63, 3.8) is 0 Å². The topological polar surface area (TPSA) is 58.2 Å². The molecule has 10 heavy (non-hydrogen) atoms. The maximum Gasteiger partial charge on any atom is 0.233 e. The van der Waals surface area contributed by atoms with Crippen LogP contribution in [0.5, 0.6) is 0 Å². The summed E-state index contributed by atoms with van der Waals surface area (Å²) in [6.45, 7) is 0.848. The summed E-state index contributed by atoms with van der Waals surface area (Å²) in [6.07, 6.45) is 1.27. The average Bonchev–Trinajstić information content (AvgIpc) is 1.98. The van der Waals surface area contributed by atoms with E-state index in [9.17, 15) is 9.59 Å². The van der Waals surface area contributed by atoms with Crippen molar-refractivity contribution in [1.82, 2.24) is 10.6 Å². The Labute approximate surface area is 60.0 Å². The van der Waals surface area contributed by atoms with Crippen LogP contribution in [-0.4, -0.2) is 32.3 Å². The first kappa shape index (κ1) is 9.10. The van der Waals surface area contributed by atoms with Gasteiger partial charge >= 0.3 is 0 Å². The number of carbonyl (C=O) groups excluding carboxylic acids is 2. The van der Waals surface area contributed by atoms with Crippen LogP contribution in [-0.2, 0) is 9.59 Å². The van der Waals surface area contributed by atoms with Gasteiger partial charge in [0.25, 0.3) is 0 Å². The van der Waals surface area contributed by atoms with Crippen molar-refractivity contribution >= 4 is 12.2 Å². The van der Waals surface area contributed by atoms with E-state index in [0.717, 1.165) is 6.29 Å². The van der Waals surface area contributed by atoms with E-state index in [0.29, 0.717) is 13.0 Å². The number of nitrogens with one attached hydrogen (secondary N) is 2. The van der Waals surface area contributed by atoms with Gasteiger partial charge in [-0.1, -0.05) is 0 Å². The lowest BCUT2D eigenvalue weighted by Gasteiger charge is -1.99. The van der Waals surface area contributed by atoms with Crippen molar-refractivity contribution in [2.24, 2.45) is 0 Å². The minimum Gasteiger partial charge on any atom is -0.358 e. The molecule has 0 aliphatic rings. The van der Waals surface area contributed by atoms with Crippen LogP contribution >= 0.6 is 0 Å². The fourth-order valence-corrected chi connectivity index (χ4v) is 0.451. The highest BCUT2D eigenvalue weighted by Gasteiger charge is 1.93. The number of amides is 1. The predicted molar refractivity (Wildman–Crippen MR) is 37.6 cm³/mol. The molecule has 4 heteroatoms.